The second-order valence-electron chi connectivity index (χ2n) is 15.2. The molecule has 300 valence electrons. The fourth-order valence-corrected chi connectivity index (χ4v) is 6.45. The summed E-state index contributed by atoms with van der Waals surface area (Å²) in [4.78, 5) is 12.4. The van der Waals surface area contributed by atoms with Crippen molar-refractivity contribution < 1.29 is 27.9 Å². The molecule has 0 fully saturated rings. The van der Waals surface area contributed by atoms with Crippen LogP contribution in [-0.2, 0) is 23.1 Å². The van der Waals surface area contributed by atoms with Crippen molar-refractivity contribution in [3.8, 4) is 0 Å². The molecule has 0 heterocycles. The molecule has 1 amide bonds. The number of hydrogen-bond donors (Lipinski definition) is 1. The number of nitrogens with one attached hydrogen (secondary N) is 1. The van der Waals surface area contributed by atoms with Gasteiger partial charge in [0, 0.05) is 31.1 Å². The summed E-state index contributed by atoms with van der Waals surface area (Å²) in [7, 11) is 0. The van der Waals surface area contributed by atoms with Gasteiger partial charge in [-0.1, -0.05) is 155 Å². The van der Waals surface area contributed by atoms with Gasteiger partial charge in [-0.15, -0.1) is 0 Å². The Labute approximate surface area is 315 Å². The van der Waals surface area contributed by atoms with Crippen LogP contribution in [0, 0.1) is 0 Å². The molecule has 0 saturated heterocycles. The van der Waals surface area contributed by atoms with Crippen molar-refractivity contribution in [2.24, 2.45) is 0 Å². The fraction of sp³-hybridized carbons (Fsp3) is 0.976. The molecule has 0 spiro atoms. The van der Waals surface area contributed by atoms with Crippen molar-refractivity contribution in [1.29, 1.82) is 0 Å². The average molecular weight is 732 g/mol. The van der Waals surface area contributed by atoms with Gasteiger partial charge in [-0.3, -0.25) is 0 Å². The van der Waals surface area contributed by atoms with Crippen LogP contribution < -0.4 is 5.32 Å². The minimum absolute atomic E-state index is 0.0548. The fourth-order valence-electron chi connectivity index (χ4n) is 5.79. The largest absolute Gasteiger partial charge is 0.447 e. The summed E-state index contributed by atoms with van der Waals surface area (Å²) in [6.45, 7) is 16.5. The van der Waals surface area contributed by atoms with E-state index in [1.807, 2.05) is 13.8 Å². The van der Waals surface area contributed by atoms with E-state index in [9.17, 15) is 4.79 Å². The Morgan fingerprint density at radius 3 is 1.52 bits per heavy atom. The first-order chi connectivity index (χ1) is 24.3. The highest BCUT2D eigenvalue weighted by atomic mass is 32.2. The van der Waals surface area contributed by atoms with E-state index in [0.717, 1.165) is 25.9 Å². The smallest absolute Gasteiger partial charge is 0.407 e. The Kier molecular flexibility index (Phi) is 37.8. The molecule has 0 aromatic carbocycles. The minimum Gasteiger partial charge on any atom is -0.447 e. The molecule has 0 radical (unpaired) electrons. The van der Waals surface area contributed by atoms with Gasteiger partial charge in [0.25, 0.3) is 0 Å². The van der Waals surface area contributed by atoms with Crippen LogP contribution in [0.4, 0.5) is 4.79 Å². The molecule has 0 saturated carbocycles. The first-order valence-corrected chi connectivity index (χ1v) is 22.1. The molecule has 8 heteroatoms. The number of carbonyl (C=O) groups is 1. The Morgan fingerprint density at radius 1 is 0.580 bits per heavy atom. The zero-order valence-corrected chi connectivity index (χ0v) is 35.0. The predicted octanol–water partition coefficient (Wildman–Crippen LogP) is 12.8. The van der Waals surface area contributed by atoms with Gasteiger partial charge in [-0.2, -0.15) is 0 Å². The van der Waals surface area contributed by atoms with Crippen molar-refractivity contribution in [3.63, 3.8) is 0 Å². The molecule has 50 heavy (non-hydrogen) atoms. The van der Waals surface area contributed by atoms with Crippen molar-refractivity contribution in [2.45, 2.75) is 219 Å². The van der Waals surface area contributed by atoms with Crippen LogP contribution in [0.2, 0.25) is 0 Å². The number of alkyl carbamates (subject to hydrolysis) is 1. The first-order valence-electron chi connectivity index (χ1n) is 21.3. The number of hydrogen-bond acceptors (Lipinski definition) is 7. The number of rotatable bonds is 40. The van der Waals surface area contributed by atoms with Crippen molar-refractivity contribution >= 4 is 18.1 Å². The number of amides is 1. The van der Waals surface area contributed by atoms with E-state index >= 15 is 0 Å². The van der Waals surface area contributed by atoms with Gasteiger partial charge in [0.1, 0.15) is 12.7 Å². The van der Waals surface area contributed by atoms with E-state index in [2.05, 4.69) is 33.0 Å². The maximum atomic E-state index is 12.4. The van der Waals surface area contributed by atoms with Gasteiger partial charge in [-0.25, -0.2) is 4.79 Å². The van der Waals surface area contributed by atoms with E-state index in [0.29, 0.717) is 33.0 Å². The van der Waals surface area contributed by atoms with E-state index < -0.39 is 6.09 Å². The molecule has 7 nitrogen and oxygen atoms in total. The Morgan fingerprint density at radius 2 is 1.04 bits per heavy atom. The molecule has 0 aliphatic heterocycles. The van der Waals surface area contributed by atoms with Gasteiger partial charge >= 0.3 is 6.09 Å². The van der Waals surface area contributed by atoms with Gasteiger partial charge < -0.3 is 28.4 Å². The van der Waals surface area contributed by atoms with E-state index in [4.69, 9.17) is 23.1 Å². The van der Waals surface area contributed by atoms with Crippen LogP contribution in [0.25, 0.3) is 0 Å². The van der Waals surface area contributed by atoms with Crippen molar-refractivity contribution in [2.75, 3.05) is 46.2 Å². The van der Waals surface area contributed by atoms with E-state index in [-0.39, 0.29) is 23.6 Å². The zero-order chi connectivity index (χ0) is 36.8. The number of ether oxygens (including phenoxy) is 4. The summed E-state index contributed by atoms with van der Waals surface area (Å²) >= 11 is 1.44. The molecule has 0 aromatic heterocycles. The molecule has 0 rings (SSSR count). The molecular weight excluding hydrogens is 647 g/mol. The average Bonchev–Trinajstić information content (AvgIpc) is 3.08. The van der Waals surface area contributed by atoms with Gasteiger partial charge in [0.05, 0.1) is 19.3 Å². The predicted molar refractivity (Wildman–Crippen MR) is 215 cm³/mol. The molecular formula is C42H85NO6S. The maximum absolute atomic E-state index is 12.4. The second kappa shape index (κ2) is 38.2. The Bertz CT molecular complexity index is 695. The molecule has 0 aromatic rings. The van der Waals surface area contributed by atoms with Crippen LogP contribution in [-0.4, -0.2) is 69.2 Å². The lowest BCUT2D eigenvalue weighted by Crippen LogP contribution is -2.33. The normalized spacial score (nSPS) is 12.5. The third-order valence-electron chi connectivity index (χ3n) is 9.09. The van der Waals surface area contributed by atoms with Crippen molar-refractivity contribution in [1.82, 2.24) is 5.32 Å². The van der Waals surface area contributed by atoms with Crippen LogP contribution in [0.15, 0.2) is 0 Å². The lowest BCUT2D eigenvalue weighted by Gasteiger charge is -2.23. The first kappa shape index (κ1) is 49.5. The highest BCUT2D eigenvalue weighted by Gasteiger charge is 2.20. The topological polar surface area (TPSA) is 75.3 Å². The Hall–Kier alpha value is -0.540. The van der Waals surface area contributed by atoms with E-state index in [1.54, 1.807) is 0 Å². The minimum atomic E-state index is -0.442. The Balaban J connectivity index is 4.20. The molecule has 1 N–H and O–H groups in total. The number of carbonyl (C=O) groups excluding carboxylic acids is 1. The third-order valence-corrected chi connectivity index (χ3v) is 10.0. The zero-order valence-electron chi connectivity index (χ0n) is 34.1. The summed E-state index contributed by atoms with van der Waals surface area (Å²) in [6.07, 6.45) is 32.3. The summed E-state index contributed by atoms with van der Waals surface area (Å²) in [6, 6.07) is 0. The van der Waals surface area contributed by atoms with Crippen molar-refractivity contribution in [3.05, 3.63) is 0 Å². The molecule has 0 aliphatic carbocycles. The molecule has 0 bridgehead atoms. The van der Waals surface area contributed by atoms with Crippen LogP contribution in [0.1, 0.15) is 202 Å². The SMILES string of the molecule is CCCCCCCCCCCCCCOCC(COC(=O)NCCOSC(C)(C)CCOC(C)C)OCCCCCCCCCCCCCC. The van der Waals surface area contributed by atoms with Gasteiger partial charge in [0.2, 0.25) is 0 Å². The highest BCUT2D eigenvalue weighted by Crippen LogP contribution is 2.28. The quantitative estimate of drug-likeness (QED) is 0.0497. The number of unbranched alkanes of at least 4 members (excludes halogenated alkanes) is 22. The lowest BCUT2D eigenvalue weighted by molar-refractivity contribution is -0.0468. The second-order valence-corrected chi connectivity index (χ2v) is 16.7. The summed E-state index contributed by atoms with van der Waals surface area (Å²) in [5.41, 5.74) is 0. The molecule has 1 unspecified atom stereocenters. The summed E-state index contributed by atoms with van der Waals surface area (Å²) in [5.74, 6) is 0. The lowest BCUT2D eigenvalue weighted by atomic mass is 10.1. The summed E-state index contributed by atoms with van der Waals surface area (Å²) < 4.78 is 29.0. The summed E-state index contributed by atoms with van der Waals surface area (Å²) in [5, 5.41) is 2.80. The monoisotopic (exact) mass is 732 g/mol. The molecule has 1 atom stereocenters. The third kappa shape index (κ3) is 38.7. The van der Waals surface area contributed by atoms with Crippen LogP contribution >= 0.6 is 12.0 Å². The molecule has 0 aliphatic rings. The van der Waals surface area contributed by atoms with Crippen LogP contribution in [0.5, 0.6) is 0 Å². The van der Waals surface area contributed by atoms with Crippen LogP contribution in [0.3, 0.4) is 0 Å². The standard InChI is InChI=1S/C42H85NO6S/c1-7-9-11-13-15-17-19-21-23-25-27-29-33-45-37-40(47-34-30-28-26-24-22-20-18-16-14-12-10-8-2)38-48-41(44)43-32-36-49-50-42(5,6)31-35-46-39(3)4/h39-40H,7-38H2,1-6H3,(H,43,44). The van der Waals surface area contributed by atoms with E-state index in [1.165, 1.54) is 153 Å². The van der Waals surface area contributed by atoms with Gasteiger partial charge in [0.15, 0.2) is 0 Å². The van der Waals surface area contributed by atoms with Gasteiger partial charge in [-0.05, 0) is 59.0 Å². The maximum Gasteiger partial charge on any atom is 0.407 e. The highest BCUT2D eigenvalue weighted by molar-refractivity contribution is 7.96.